The second-order valence-corrected chi connectivity index (χ2v) is 8.80. The van der Waals surface area contributed by atoms with E-state index in [4.69, 9.17) is 51.4 Å². The number of aliphatic hydroxyl groups is 1. The van der Waals surface area contributed by atoms with Gasteiger partial charge in [0, 0.05) is 29.1 Å². The molecule has 0 spiro atoms. The normalized spacial score (nSPS) is 12.3. The van der Waals surface area contributed by atoms with Crippen LogP contribution in [0.25, 0.3) is 22.2 Å². The van der Waals surface area contributed by atoms with Crippen LogP contribution in [0, 0.1) is 0 Å². The number of halogens is 4. The highest BCUT2D eigenvalue weighted by atomic mass is 35.5. The van der Waals surface area contributed by atoms with Gasteiger partial charge in [0.15, 0.2) is 0 Å². The molecule has 2 N–H and O–H groups in total. The molecule has 0 aliphatic carbocycles. The van der Waals surface area contributed by atoms with Gasteiger partial charge in [-0.3, -0.25) is 0 Å². The zero-order valence-electron chi connectivity index (χ0n) is 16.2. The molecule has 1 heterocycles. The van der Waals surface area contributed by atoms with Crippen molar-refractivity contribution >= 4 is 57.3 Å². The molecule has 4 aromatic rings. The molecule has 0 bridgehead atoms. The Labute approximate surface area is 200 Å². The SMILES string of the molecule is OC(CNCc1ccccc1)c1cc(-c2ccc(Cl)c(Cl)c2)nc2c(Cl)cc(Cl)cc12. The van der Waals surface area contributed by atoms with E-state index in [0.29, 0.717) is 55.3 Å². The summed E-state index contributed by atoms with van der Waals surface area (Å²) < 4.78 is 0. The summed E-state index contributed by atoms with van der Waals surface area (Å²) in [6, 6.07) is 20.5. The number of rotatable bonds is 6. The van der Waals surface area contributed by atoms with Crippen molar-refractivity contribution in [2.75, 3.05) is 6.54 Å². The number of hydrogen-bond donors (Lipinski definition) is 2. The molecule has 0 radical (unpaired) electrons. The lowest BCUT2D eigenvalue weighted by molar-refractivity contribution is 0.176. The zero-order valence-corrected chi connectivity index (χ0v) is 19.3. The quantitative estimate of drug-likeness (QED) is 0.296. The second kappa shape index (κ2) is 9.74. The lowest BCUT2D eigenvalue weighted by Crippen LogP contribution is -2.21. The predicted octanol–water partition coefficient (Wildman–Crippen LogP) is 7.34. The third kappa shape index (κ3) is 5.15. The maximum atomic E-state index is 11.0. The van der Waals surface area contributed by atoms with E-state index in [9.17, 15) is 5.11 Å². The van der Waals surface area contributed by atoms with Gasteiger partial charge in [-0.2, -0.15) is 0 Å². The molecule has 0 amide bonds. The van der Waals surface area contributed by atoms with Gasteiger partial charge in [-0.05, 0) is 41.5 Å². The van der Waals surface area contributed by atoms with Gasteiger partial charge in [-0.15, -0.1) is 0 Å². The fourth-order valence-corrected chi connectivity index (χ4v) is 4.25. The van der Waals surface area contributed by atoms with Crippen LogP contribution < -0.4 is 5.32 Å². The molecule has 3 nitrogen and oxygen atoms in total. The van der Waals surface area contributed by atoms with E-state index in [1.54, 1.807) is 24.3 Å². The lowest BCUT2D eigenvalue weighted by Gasteiger charge is -2.17. The molecule has 1 atom stereocenters. The highest BCUT2D eigenvalue weighted by molar-refractivity contribution is 6.42. The van der Waals surface area contributed by atoms with Gasteiger partial charge in [-0.25, -0.2) is 4.98 Å². The Bertz CT molecular complexity index is 1230. The molecule has 0 saturated carbocycles. The highest BCUT2D eigenvalue weighted by Gasteiger charge is 2.17. The van der Waals surface area contributed by atoms with E-state index >= 15 is 0 Å². The topological polar surface area (TPSA) is 45.1 Å². The molecule has 0 saturated heterocycles. The van der Waals surface area contributed by atoms with Crippen LogP contribution in [-0.4, -0.2) is 16.6 Å². The van der Waals surface area contributed by atoms with Crippen LogP contribution in [0.2, 0.25) is 20.1 Å². The van der Waals surface area contributed by atoms with E-state index in [1.807, 2.05) is 42.5 Å². The number of hydrogen-bond acceptors (Lipinski definition) is 3. The first-order valence-electron chi connectivity index (χ1n) is 9.60. The number of aliphatic hydroxyl groups excluding tert-OH is 1. The maximum Gasteiger partial charge on any atom is 0.0921 e. The number of aromatic nitrogens is 1. The minimum Gasteiger partial charge on any atom is -0.387 e. The molecule has 158 valence electrons. The highest BCUT2D eigenvalue weighted by Crippen LogP contribution is 2.35. The summed E-state index contributed by atoms with van der Waals surface area (Å²) in [4.78, 5) is 4.70. The van der Waals surface area contributed by atoms with Crippen LogP contribution in [0.3, 0.4) is 0 Å². The molecule has 0 fully saturated rings. The van der Waals surface area contributed by atoms with E-state index in [0.717, 1.165) is 11.1 Å². The van der Waals surface area contributed by atoms with Crippen LogP contribution in [0.15, 0.2) is 66.7 Å². The Hall–Kier alpha value is -1.85. The smallest absolute Gasteiger partial charge is 0.0921 e. The van der Waals surface area contributed by atoms with Crippen LogP contribution in [0.1, 0.15) is 17.2 Å². The van der Waals surface area contributed by atoms with Gasteiger partial charge in [0.25, 0.3) is 0 Å². The third-order valence-electron chi connectivity index (χ3n) is 4.95. The van der Waals surface area contributed by atoms with E-state index in [2.05, 4.69) is 5.32 Å². The molecule has 7 heteroatoms. The summed E-state index contributed by atoms with van der Waals surface area (Å²) in [5.41, 5.74) is 3.78. The molecule has 1 unspecified atom stereocenters. The summed E-state index contributed by atoms with van der Waals surface area (Å²) in [6.45, 7) is 0.987. The van der Waals surface area contributed by atoms with Gasteiger partial charge in [0.1, 0.15) is 0 Å². The summed E-state index contributed by atoms with van der Waals surface area (Å²) >= 11 is 24.9. The molecular formula is C24H18Cl4N2O. The minimum absolute atomic E-state index is 0.346. The Morgan fingerprint density at radius 1 is 0.839 bits per heavy atom. The molecule has 3 aromatic carbocycles. The molecule has 0 aliphatic rings. The second-order valence-electron chi connectivity index (χ2n) is 7.14. The van der Waals surface area contributed by atoms with Gasteiger partial charge in [0.2, 0.25) is 0 Å². The van der Waals surface area contributed by atoms with E-state index in [1.165, 1.54) is 0 Å². The van der Waals surface area contributed by atoms with Crippen LogP contribution >= 0.6 is 46.4 Å². The first kappa shape index (κ1) is 22.3. The van der Waals surface area contributed by atoms with Crippen molar-refractivity contribution in [2.24, 2.45) is 0 Å². The van der Waals surface area contributed by atoms with Crippen molar-refractivity contribution in [3.05, 3.63) is 97.9 Å². The molecule has 1 aromatic heterocycles. The van der Waals surface area contributed by atoms with Gasteiger partial charge >= 0.3 is 0 Å². The Morgan fingerprint density at radius 3 is 2.35 bits per heavy atom. The van der Waals surface area contributed by atoms with Crippen LogP contribution in [0.5, 0.6) is 0 Å². The van der Waals surface area contributed by atoms with E-state index in [-0.39, 0.29) is 0 Å². The fourth-order valence-electron chi connectivity index (χ4n) is 3.42. The number of nitrogens with zero attached hydrogens (tertiary/aromatic N) is 1. The van der Waals surface area contributed by atoms with Gasteiger partial charge in [0.05, 0.1) is 32.4 Å². The molecule has 4 rings (SSSR count). The Kier molecular flexibility index (Phi) is 7.02. The number of pyridine rings is 1. The third-order valence-corrected chi connectivity index (χ3v) is 6.19. The van der Waals surface area contributed by atoms with Crippen LogP contribution in [-0.2, 0) is 6.54 Å². The standard InChI is InChI=1S/C24H18Cl4N2O/c25-16-9-18-17(23(31)13-29-12-14-4-2-1-3-5-14)11-22(30-24(18)21(28)10-16)15-6-7-19(26)20(27)8-15/h1-11,23,29,31H,12-13H2. The average molecular weight is 492 g/mol. The average Bonchev–Trinajstić information content (AvgIpc) is 2.76. The zero-order chi connectivity index (χ0) is 22.0. The Morgan fingerprint density at radius 2 is 1.61 bits per heavy atom. The van der Waals surface area contributed by atoms with E-state index < -0.39 is 6.10 Å². The van der Waals surface area contributed by atoms with Crippen LogP contribution in [0.4, 0.5) is 0 Å². The monoisotopic (exact) mass is 490 g/mol. The van der Waals surface area contributed by atoms with Crippen molar-refractivity contribution < 1.29 is 5.11 Å². The fraction of sp³-hybridized carbons (Fsp3) is 0.125. The van der Waals surface area contributed by atoms with Crippen molar-refractivity contribution in [3.63, 3.8) is 0 Å². The molecular weight excluding hydrogens is 474 g/mol. The van der Waals surface area contributed by atoms with Crippen molar-refractivity contribution in [2.45, 2.75) is 12.6 Å². The summed E-state index contributed by atoms with van der Waals surface area (Å²) in [6.07, 6.45) is -0.801. The molecule has 31 heavy (non-hydrogen) atoms. The molecule has 0 aliphatic heterocycles. The first-order valence-corrected chi connectivity index (χ1v) is 11.1. The van der Waals surface area contributed by atoms with Crippen molar-refractivity contribution in [3.8, 4) is 11.3 Å². The summed E-state index contributed by atoms with van der Waals surface area (Å²) in [5, 5.41) is 16.8. The van der Waals surface area contributed by atoms with Gasteiger partial charge in [-0.1, -0.05) is 82.8 Å². The van der Waals surface area contributed by atoms with Crippen molar-refractivity contribution in [1.29, 1.82) is 0 Å². The Balaban J connectivity index is 1.72. The summed E-state index contributed by atoms with van der Waals surface area (Å²) in [7, 11) is 0. The van der Waals surface area contributed by atoms with Gasteiger partial charge < -0.3 is 10.4 Å². The maximum absolute atomic E-state index is 11.0. The number of benzene rings is 3. The number of nitrogens with one attached hydrogen (secondary N) is 1. The van der Waals surface area contributed by atoms with Crippen molar-refractivity contribution in [1.82, 2.24) is 10.3 Å². The number of fused-ring (bicyclic) bond motifs is 1. The largest absolute Gasteiger partial charge is 0.387 e. The summed E-state index contributed by atoms with van der Waals surface area (Å²) in [5.74, 6) is 0. The lowest BCUT2D eigenvalue weighted by atomic mass is 10.00. The minimum atomic E-state index is -0.801. The predicted molar refractivity (Wildman–Crippen MR) is 130 cm³/mol. The first-order chi connectivity index (χ1) is 14.9.